The highest BCUT2D eigenvalue weighted by molar-refractivity contribution is 7.80. The molecule has 0 aliphatic rings. The van der Waals surface area contributed by atoms with Crippen LogP contribution in [0.25, 0.3) is 0 Å². The van der Waals surface area contributed by atoms with Gasteiger partial charge in [0.05, 0.1) is 5.69 Å². The molecule has 0 aromatic carbocycles. The quantitative estimate of drug-likeness (QED) is 0.773. The van der Waals surface area contributed by atoms with Crippen LogP contribution in [-0.2, 0) is 0 Å². The van der Waals surface area contributed by atoms with Crippen molar-refractivity contribution in [2.24, 2.45) is 5.73 Å². The maximum absolute atomic E-state index is 5.55. The van der Waals surface area contributed by atoms with Gasteiger partial charge >= 0.3 is 0 Å². The summed E-state index contributed by atoms with van der Waals surface area (Å²) in [7, 11) is 0. The Morgan fingerprint density at radius 3 is 2.56 bits per heavy atom. The lowest BCUT2D eigenvalue weighted by Gasteiger charge is -2.29. The molecular weight excluding hydrogens is 218 g/mol. The van der Waals surface area contributed by atoms with Crippen molar-refractivity contribution < 1.29 is 0 Å². The molecule has 88 valence electrons. The van der Waals surface area contributed by atoms with Gasteiger partial charge in [-0.2, -0.15) is 0 Å². The second-order valence-corrected chi connectivity index (χ2v) is 4.60. The minimum absolute atomic E-state index is 0.0713. The molecule has 4 heteroatoms. The van der Waals surface area contributed by atoms with Gasteiger partial charge in [-0.25, -0.2) is 4.98 Å². The fraction of sp³-hybridized carbons (Fsp3) is 0.500. The summed E-state index contributed by atoms with van der Waals surface area (Å²) in [5.41, 5.74) is 6.29. The molecule has 0 spiro atoms. The highest BCUT2D eigenvalue weighted by atomic mass is 32.1. The van der Waals surface area contributed by atoms with E-state index in [4.69, 9.17) is 18.0 Å². The van der Waals surface area contributed by atoms with Crippen LogP contribution in [0.4, 0.5) is 5.82 Å². The summed E-state index contributed by atoms with van der Waals surface area (Å²) in [5, 5.41) is 3.42. The summed E-state index contributed by atoms with van der Waals surface area (Å²) in [4.78, 5) is 4.71. The topological polar surface area (TPSA) is 50.9 Å². The third-order valence-corrected chi connectivity index (χ3v) is 3.20. The molecular formula is C12H19N3S. The van der Waals surface area contributed by atoms with Crippen molar-refractivity contribution in [1.29, 1.82) is 0 Å². The predicted molar refractivity (Wildman–Crippen MR) is 72.7 cm³/mol. The number of nitrogens with two attached hydrogens (primary N) is 1. The Morgan fingerprint density at radius 1 is 1.44 bits per heavy atom. The zero-order chi connectivity index (χ0) is 12.2. The Balaban J connectivity index is 2.89. The predicted octanol–water partition coefficient (Wildman–Crippen LogP) is 2.71. The maximum atomic E-state index is 5.55. The summed E-state index contributed by atoms with van der Waals surface area (Å²) >= 11 is 4.91. The Hall–Kier alpha value is -1.16. The number of aromatic nitrogens is 1. The summed E-state index contributed by atoms with van der Waals surface area (Å²) in [5.74, 6) is 0.830. The molecule has 0 amide bonds. The van der Waals surface area contributed by atoms with E-state index in [9.17, 15) is 0 Å². The molecule has 0 fully saturated rings. The van der Waals surface area contributed by atoms with E-state index in [2.05, 4.69) is 31.1 Å². The first-order valence-corrected chi connectivity index (χ1v) is 5.96. The molecule has 1 rings (SSSR count). The fourth-order valence-electron chi connectivity index (χ4n) is 1.38. The van der Waals surface area contributed by atoms with Crippen LogP contribution in [-0.4, -0.2) is 15.5 Å². The largest absolute Gasteiger partial charge is 0.388 e. The third-order valence-electron chi connectivity index (χ3n) is 2.99. The van der Waals surface area contributed by atoms with Crippen LogP contribution in [0.5, 0.6) is 0 Å². The zero-order valence-electron chi connectivity index (χ0n) is 10.1. The average Bonchev–Trinajstić information content (AvgIpc) is 2.29. The first-order chi connectivity index (χ1) is 7.50. The van der Waals surface area contributed by atoms with Crippen molar-refractivity contribution in [1.82, 2.24) is 4.98 Å². The average molecular weight is 237 g/mol. The number of rotatable bonds is 5. The molecule has 1 aromatic rings. The van der Waals surface area contributed by atoms with Gasteiger partial charge in [0.25, 0.3) is 0 Å². The molecule has 16 heavy (non-hydrogen) atoms. The van der Waals surface area contributed by atoms with Gasteiger partial charge in [0, 0.05) is 5.54 Å². The number of nitrogens with one attached hydrogen (secondary N) is 1. The van der Waals surface area contributed by atoms with E-state index in [-0.39, 0.29) is 5.54 Å². The van der Waals surface area contributed by atoms with Gasteiger partial charge in [0.2, 0.25) is 0 Å². The van der Waals surface area contributed by atoms with E-state index in [1.807, 2.05) is 18.2 Å². The highest BCUT2D eigenvalue weighted by Gasteiger charge is 2.19. The molecule has 0 atom stereocenters. The summed E-state index contributed by atoms with van der Waals surface area (Å²) in [6, 6.07) is 5.67. The molecule has 0 aliphatic heterocycles. The van der Waals surface area contributed by atoms with Crippen LogP contribution in [0.3, 0.4) is 0 Å². The molecule has 0 saturated carbocycles. The second kappa shape index (κ2) is 5.25. The van der Waals surface area contributed by atoms with E-state index in [1.165, 1.54) is 0 Å². The Bertz CT molecular complexity index is 372. The monoisotopic (exact) mass is 237 g/mol. The molecule has 1 heterocycles. The van der Waals surface area contributed by atoms with Crippen molar-refractivity contribution >= 4 is 23.0 Å². The number of thiocarbonyl (C=S) groups is 1. The fourth-order valence-corrected chi connectivity index (χ4v) is 1.49. The standard InChI is InChI=1S/C12H19N3S/c1-4-12(3,5-2)15-10-8-6-7-9(14-10)11(13)16/h6-8H,4-5H2,1-3H3,(H2,13,16)(H,14,15). The van der Waals surface area contributed by atoms with E-state index in [1.54, 1.807) is 0 Å². The minimum atomic E-state index is 0.0713. The van der Waals surface area contributed by atoms with E-state index < -0.39 is 0 Å². The van der Waals surface area contributed by atoms with Crippen molar-refractivity contribution in [2.75, 3.05) is 5.32 Å². The van der Waals surface area contributed by atoms with Gasteiger partial charge in [0.1, 0.15) is 10.8 Å². The van der Waals surface area contributed by atoms with Gasteiger partial charge in [-0.05, 0) is 31.9 Å². The Kier molecular flexibility index (Phi) is 4.24. The third kappa shape index (κ3) is 3.17. The van der Waals surface area contributed by atoms with Crippen LogP contribution in [0.1, 0.15) is 39.3 Å². The van der Waals surface area contributed by atoms with Crippen LogP contribution in [0, 0.1) is 0 Å². The molecule has 0 bridgehead atoms. The van der Waals surface area contributed by atoms with E-state index in [0.29, 0.717) is 10.7 Å². The lowest BCUT2D eigenvalue weighted by atomic mass is 9.96. The van der Waals surface area contributed by atoms with Crippen LogP contribution >= 0.6 is 12.2 Å². The highest BCUT2D eigenvalue weighted by Crippen LogP contribution is 2.20. The SMILES string of the molecule is CCC(C)(CC)Nc1cccc(C(N)=S)n1. The molecule has 1 aromatic heterocycles. The smallest absolute Gasteiger partial charge is 0.127 e. The maximum Gasteiger partial charge on any atom is 0.127 e. The molecule has 0 unspecified atom stereocenters. The normalized spacial score (nSPS) is 11.2. The van der Waals surface area contributed by atoms with Crippen LogP contribution in [0.15, 0.2) is 18.2 Å². The first-order valence-electron chi connectivity index (χ1n) is 5.56. The Morgan fingerprint density at radius 2 is 2.06 bits per heavy atom. The number of pyridine rings is 1. The van der Waals surface area contributed by atoms with Crippen molar-refractivity contribution in [3.63, 3.8) is 0 Å². The lowest BCUT2D eigenvalue weighted by Crippen LogP contribution is -2.33. The zero-order valence-corrected chi connectivity index (χ0v) is 10.9. The lowest BCUT2D eigenvalue weighted by molar-refractivity contribution is 0.477. The number of hydrogen-bond donors (Lipinski definition) is 2. The summed E-state index contributed by atoms with van der Waals surface area (Å²) < 4.78 is 0. The van der Waals surface area contributed by atoms with Gasteiger partial charge in [0.15, 0.2) is 0 Å². The van der Waals surface area contributed by atoms with Gasteiger partial charge in [-0.3, -0.25) is 0 Å². The van der Waals surface area contributed by atoms with Crippen molar-refractivity contribution in [3.8, 4) is 0 Å². The first kappa shape index (κ1) is 12.9. The second-order valence-electron chi connectivity index (χ2n) is 4.17. The summed E-state index contributed by atoms with van der Waals surface area (Å²) in [6.45, 7) is 6.50. The Labute approximate surface area is 102 Å². The van der Waals surface area contributed by atoms with E-state index >= 15 is 0 Å². The number of nitrogens with zero attached hydrogens (tertiary/aromatic N) is 1. The minimum Gasteiger partial charge on any atom is -0.388 e. The van der Waals surface area contributed by atoms with Gasteiger partial charge < -0.3 is 11.1 Å². The number of hydrogen-bond acceptors (Lipinski definition) is 3. The van der Waals surface area contributed by atoms with E-state index in [0.717, 1.165) is 18.7 Å². The number of anilines is 1. The van der Waals surface area contributed by atoms with Gasteiger partial charge in [-0.1, -0.05) is 32.1 Å². The van der Waals surface area contributed by atoms with Gasteiger partial charge in [-0.15, -0.1) is 0 Å². The summed E-state index contributed by atoms with van der Waals surface area (Å²) in [6.07, 6.45) is 2.09. The molecule has 0 radical (unpaired) electrons. The van der Waals surface area contributed by atoms with Crippen LogP contribution in [0.2, 0.25) is 0 Å². The molecule has 0 aliphatic carbocycles. The molecule has 3 nitrogen and oxygen atoms in total. The van der Waals surface area contributed by atoms with Crippen LogP contribution < -0.4 is 11.1 Å². The van der Waals surface area contributed by atoms with Crippen molar-refractivity contribution in [2.45, 2.75) is 39.2 Å². The molecule has 3 N–H and O–H groups in total. The molecule has 0 saturated heterocycles. The van der Waals surface area contributed by atoms with Crippen molar-refractivity contribution in [3.05, 3.63) is 23.9 Å².